The van der Waals surface area contributed by atoms with E-state index < -0.39 is 23.0 Å². The molecule has 2 saturated heterocycles. The Labute approximate surface area is 217 Å². The zero-order valence-corrected chi connectivity index (χ0v) is 22.0. The maximum Gasteiger partial charge on any atom is 0.334 e. The van der Waals surface area contributed by atoms with Crippen LogP contribution in [0.4, 0.5) is 0 Å². The summed E-state index contributed by atoms with van der Waals surface area (Å²) in [5.41, 5.74) is -0.724. The molecule has 1 saturated carbocycles. The maximum absolute atomic E-state index is 13.8. The van der Waals surface area contributed by atoms with E-state index in [-0.39, 0.29) is 59.8 Å². The third-order valence-electron chi connectivity index (χ3n) is 9.77. The Balaban J connectivity index is 1.59. The largest absolute Gasteiger partial charge is 0.461 e. The van der Waals surface area contributed by atoms with Crippen LogP contribution in [0.5, 0.6) is 0 Å². The van der Waals surface area contributed by atoms with Crippen LogP contribution in [0.25, 0.3) is 0 Å². The maximum atomic E-state index is 13.8. The van der Waals surface area contributed by atoms with E-state index in [2.05, 4.69) is 19.6 Å². The number of allylic oxidation sites excluding steroid dienone is 4. The fourth-order valence-electron chi connectivity index (χ4n) is 7.69. The molecule has 0 unspecified atom stereocenters. The molecule has 0 aromatic carbocycles. The van der Waals surface area contributed by atoms with Gasteiger partial charge in [-0.05, 0) is 81.4 Å². The molecule has 1 spiro atoms. The van der Waals surface area contributed by atoms with Crippen LogP contribution >= 0.6 is 0 Å². The molecule has 0 radical (unpaired) electrons. The third kappa shape index (κ3) is 3.89. The molecule has 0 aromatic rings. The molecule has 1 N–H and O–H groups in total. The average Bonchev–Trinajstić information content (AvgIpc) is 3.09. The van der Waals surface area contributed by atoms with Crippen LogP contribution in [0.15, 0.2) is 47.6 Å². The molecular formula is C30H36O7. The van der Waals surface area contributed by atoms with Gasteiger partial charge in [0.25, 0.3) is 0 Å². The number of fused-ring (bicyclic) bond motifs is 4. The van der Waals surface area contributed by atoms with Crippen molar-refractivity contribution in [3.05, 3.63) is 47.6 Å². The summed E-state index contributed by atoms with van der Waals surface area (Å²) in [6.07, 6.45) is 8.64. The SMILES string of the molecule is C=C1C(=O)O[C@@H]2C[C@H](C)[C@]3(O)C=C(C(C)=O)[C@]4(C[C@@H]3C[C@@H]12)C(=O)O[C@@H]1C[C@@H](C)C(/C=C/C(C)=O)=CC[C@H]14. The minimum atomic E-state index is -1.31. The summed E-state index contributed by atoms with van der Waals surface area (Å²) in [7, 11) is 0. The van der Waals surface area contributed by atoms with Gasteiger partial charge in [-0.1, -0.05) is 32.6 Å². The predicted octanol–water partition coefficient (Wildman–Crippen LogP) is 3.81. The van der Waals surface area contributed by atoms with Crippen molar-refractivity contribution in [3.8, 4) is 0 Å². The van der Waals surface area contributed by atoms with Crippen LogP contribution < -0.4 is 0 Å². The van der Waals surface area contributed by atoms with E-state index in [4.69, 9.17) is 9.47 Å². The Hall–Kier alpha value is -2.80. The van der Waals surface area contributed by atoms with Crippen molar-refractivity contribution in [2.45, 2.75) is 77.6 Å². The number of hydrogen-bond acceptors (Lipinski definition) is 7. The smallest absolute Gasteiger partial charge is 0.334 e. The first-order chi connectivity index (χ1) is 17.4. The number of ketones is 2. The van der Waals surface area contributed by atoms with E-state index in [1.165, 1.54) is 13.8 Å². The summed E-state index contributed by atoms with van der Waals surface area (Å²) in [6.45, 7) is 10.9. The van der Waals surface area contributed by atoms with Crippen molar-refractivity contribution in [3.63, 3.8) is 0 Å². The van der Waals surface area contributed by atoms with Gasteiger partial charge >= 0.3 is 11.9 Å². The van der Waals surface area contributed by atoms with E-state index in [1.807, 2.05) is 13.0 Å². The summed E-state index contributed by atoms with van der Waals surface area (Å²) >= 11 is 0. The van der Waals surface area contributed by atoms with Gasteiger partial charge < -0.3 is 14.6 Å². The average molecular weight is 509 g/mol. The highest BCUT2D eigenvalue weighted by molar-refractivity contribution is 6.03. The molecule has 37 heavy (non-hydrogen) atoms. The molecule has 7 heteroatoms. The second-order valence-electron chi connectivity index (χ2n) is 11.9. The fraction of sp³-hybridized carbons (Fsp3) is 0.600. The Morgan fingerprint density at radius 3 is 2.51 bits per heavy atom. The van der Waals surface area contributed by atoms with Crippen LogP contribution in [0.2, 0.25) is 0 Å². The fourth-order valence-corrected chi connectivity index (χ4v) is 7.69. The molecule has 7 nitrogen and oxygen atoms in total. The topological polar surface area (TPSA) is 107 Å². The molecule has 2 aliphatic heterocycles. The minimum Gasteiger partial charge on any atom is -0.461 e. The summed E-state index contributed by atoms with van der Waals surface area (Å²) in [5, 5.41) is 12.0. The van der Waals surface area contributed by atoms with Gasteiger partial charge in [0.05, 0.1) is 5.60 Å². The standard InChI is InChI=1S/C30H36O7/c1-15-10-26-23(9-8-20(15)7-6-17(3)31)29(28(34)37-26)13-21-12-22-18(4)27(33)36-25(22)11-16(2)30(21,35)14-24(29)19(5)32/h6-8,14-16,21-23,25-26,35H,4,9-13H2,1-3,5H3/b7-6+/t15-,16+,21+,22+,23-,25-,26-,29-,30-/m1/s1. The lowest BCUT2D eigenvalue weighted by Gasteiger charge is -2.48. The molecule has 0 amide bonds. The summed E-state index contributed by atoms with van der Waals surface area (Å²) in [6, 6.07) is 0. The van der Waals surface area contributed by atoms with Crippen LogP contribution in [0.3, 0.4) is 0 Å². The van der Waals surface area contributed by atoms with Crippen molar-refractivity contribution < 1.29 is 33.8 Å². The van der Waals surface area contributed by atoms with Crippen molar-refractivity contribution in [2.24, 2.45) is 35.0 Å². The zero-order valence-electron chi connectivity index (χ0n) is 22.0. The molecule has 2 heterocycles. The highest BCUT2D eigenvalue weighted by atomic mass is 16.6. The van der Waals surface area contributed by atoms with Gasteiger partial charge in [-0.15, -0.1) is 0 Å². The Bertz CT molecular complexity index is 1170. The van der Waals surface area contributed by atoms with Gasteiger partial charge in [0.15, 0.2) is 11.6 Å². The van der Waals surface area contributed by atoms with Crippen molar-refractivity contribution in [1.29, 1.82) is 0 Å². The zero-order chi connectivity index (χ0) is 26.9. The van der Waals surface area contributed by atoms with Gasteiger partial charge in [-0.2, -0.15) is 0 Å². The number of esters is 2. The monoisotopic (exact) mass is 508 g/mol. The molecular weight excluding hydrogens is 472 g/mol. The molecule has 3 aliphatic carbocycles. The second kappa shape index (κ2) is 8.90. The number of carbonyl (C=O) groups is 4. The van der Waals surface area contributed by atoms with Crippen molar-refractivity contribution in [2.75, 3.05) is 0 Å². The lowest BCUT2D eigenvalue weighted by Crippen LogP contribution is -2.53. The van der Waals surface area contributed by atoms with Crippen LogP contribution in [-0.4, -0.2) is 46.4 Å². The van der Waals surface area contributed by atoms with E-state index >= 15 is 0 Å². The number of aliphatic hydroxyl groups is 1. The molecule has 9 atom stereocenters. The lowest BCUT2D eigenvalue weighted by molar-refractivity contribution is -0.151. The Kier molecular flexibility index (Phi) is 6.21. The van der Waals surface area contributed by atoms with Gasteiger partial charge in [0.1, 0.15) is 17.6 Å². The first kappa shape index (κ1) is 25.8. The number of ether oxygens (including phenoxy) is 2. The second-order valence-corrected chi connectivity index (χ2v) is 11.9. The van der Waals surface area contributed by atoms with E-state index in [0.717, 1.165) is 5.57 Å². The molecule has 5 aliphatic rings. The number of rotatable bonds is 3. The predicted molar refractivity (Wildman–Crippen MR) is 135 cm³/mol. The Morgan fingerprint density at radius 1 is 1.11 bits per heavy atom. The normalized spacial score (nSPS) is 43.2. The molecule has 0 bridgehead atoms. The quantitative estimate of drug-likeness (QED) is 0.456. The molecule has 198 valence electrons. The molecule has 5 rings (SSSR count). The third-order valence-corrected chi connectivity index (χ3v) is 9.77. The Morgan fingerprint density at radius 2 is 1.84 bits per heavy atom. The van der Waals surface area contributed by atoms with Crippen LogP contribution in [-0.2, 0) is 28.7 Å². The first-order valence-electron chi connectivity index (χ1n) is 13.3. The first-order valence-corrected chi connectivity index (χ1v) is 13.3. The number of Topliss-reactive ketones (excluding diaryl/α,β-unsaturated/α-hetero) is 1. The minimum absolute atomic E-state index is 0.0365. The molecule has 3 fully saturated rings. The van der Waals surface area contributed by atoms with Crippen molar-refractivity contribution in [1.82, 2.24) is 0 Å². The highest BCUT2D eigenvalue weighted by Crippen LogP contribution is 2.61. The summed E-state index contributed by atoms with van der Waals surface area (Å²) in [4.78, 5) is 50.7. The van der Waals surface area contributed by atoms with Crippen LogP contribution in [0, 0.1) is 35.0 Å². The van der Waals surface area contributed by atoms with E-state index in [9.17, 15) is 24.3 Å². The number of carbonyl (C=O) groups excluding carboxylic acids is 4. The van der Waals surface area contributed by atoms with E-state index in [1.54, 1.807) is 12.2 Å². The van der Waals surface area contributed by atoms with Crippen molar-refractivity contribution >= 4 is 23.5 Å². The van der Waals surface area contributed by atoms with Gasteiger partial charge in [-0.25, -0.2) is 4.79 Å². The lowest BCUT2D eigenvalue weighted by atomic mass is 9.54. The van der Waals surface area contributed by atoms with Gasteiger partial charge in [0.2, 0.25) is 0 Å². The van der Waals surface area contributed by atoms with Gasteiger partial charge in [-0.3, -0.25) is 14.4 Å². The summed E-state index contributed by atoms with van der Waals surface area (Å²) < 4.78 is 11.6. The van der Waals surface area contributed by atoms with E-state index in [0.29, 0.717) is 36.8 Å². The van der Waals surface area contributed by atoms with Gasteiger partial charge in [0, 0.05) is 23.0 Å². The summed E-state index contributed by atoms with van der Waals surface area (Å²) in [5.74, 6) is -2.17. The highest BCUT2D eigenvalue weighted by Gasteiger charge is 2.66. The van der Waals surface area contributed by atoms with Crippen LogP contribution in [0.1, 0.15) is 59.8 Å². The molecule has 0 aromatic heterocycles. The number of hydrogen-bond donors (Lipinski definition) is 1.